The number of thiol groups is 1. The second-order valence-electron chi connectivity index (χ2n) is 7.88. The number of carbonyl (C=O) groups is 1. The zero-order valence-electron chi connectivity index (χ0n) is 17.6. The summed E-state index contributed by atoms with van der Waals surface area (Å²) in [5, 5.41) is 4.11. The van der Waals surface area contributed by atoms with Gasteiger partial charge in [0.25, 0.3) is 0 Å². The number of azide groups is 1. The van der Waals surface area contributed by atoms with Crippen LogP contribution in [0.15, 0.2) is 64.6 Å². The maximum Gasteiger partial charge on any atom is 0.303 e. The van der Waals surface area contributed by atoms with Gasteiger partial charge in [0.1, 0.15) is 17.2 Å². The van der Waals surface area contributed by atoms with Crippen molar-refractivity contribution in [2.45, 2.75) is 48.3 Å². The Morgan fingerprint density at radius 3 is 2.55 bits per heavy atom. The number of fused-ring (bicyclic) bond motifs is 1. The molecule has 0 aromatic heterocycles. The average molecular weight is 442 g/mol. The van der Waals surface area contributed by atoms with Gasteiger partial charge in [-0.05, 0) is 52.6 Å². The molecule has 2 saturated heterocycles. The number of nitrogens with zero attached hydrogens (tertiary/aromatic N) is 3. The van der Waals surface area contributed by atoms with E-state index in [1.165, 1.54) is 6.92 Å². The van der Waals surface area contributed by atoms with E-state index < -0.39 is 22.4 Å². The van der Waals surface area contributed by atoms with Crippen LogP contribution in [-0.4, -0.2) is 36.4 Å². The summed E-state index contributed by atoms with van der Waals surface area (Å²) in [5.74, 6) is 1.57. The summed E-state index contributed by atoms with van der Waals surface area (Å²) in [7, 11) is 0.805. The molecule has 6 atom stereocenters. The minimum Gasteiger partial charge on any atom is -0.497 e. The van der Waals surface area contributed by atoms with Crippen molar-refractivity contribution in [3.8, 4) is 5.75 Å². The maximum atomic E-state index is 11.9. The molecule has 0 aliphatic carbocycles. The van der Waals surface area contributed by atoms with Gasteiger partial charge in [-0.25, -0.2) is 0 Å². The Bertz CT molecular complexity index is 949. The standard InChI is InChI=1S/C23H27N3O4S/c1-15(27)29-23-21(25-26-24)22-17(14-31(23)19-6-4-3-5-7-19)10-13-20(30-22)16-8-11-18(28-2)12-9-16/h3-9,11-12,17,20-23,31H,10,13-14H2,1-2H3/t17-,20?,21-,22+,23+/m0/s1. The van der Waals surface area contributed by atoms with Gasteiger partial charge in [-0.3, -0.25) is 4.79 Å². The highest BCUT2D eigenvalue weighted by molar-refractivity contribution is 8.17. The lowest BCUT2D eigenvalue weighted by atomic mass is 9.87. The largest absolute Gasteiger partial charge is 0.497 e. The molecule has 4 rings (SSSR count). The fraction of sp³-hybridized carbons (Fsp3) is 0.435. The van der Waals surface area contributed by atoms with E-state index in [0.29, 0.717) is 0 Å². The van der Waals surface area contributed by atoms with Crippen LogP contribution in [0.25, 0.3) is 10.4 Å². The van der Waals surface area contributed by atoms with Crippen LogP contribution in [0.3, 0.4) is 0 Å². The number of esters is 1. The predicted molar refractivity (Wildman–Crippen MR) is 120 cm³/mol. The number of hydrogen-bond donors (Lipinski definition) is 1. The second-order valence-corrected chi connectivity index (χ2v) is 10.2. The van der Waals surface area contributed by atoms with Crippen LogP contribution in [0.2, 0.25) is 0 Å². The summed E-state index contributed by atoms with van der Waals surface area (Å²) in [5.41, 5.74) is 9.88. The SMILES string of the molecule is COc1ccc(C2CC[C@H]3C[SH](c4ccccc4)[C@@H](OC(C)=O)[C@@H](N=[N+]=[N-])[C@@H]3O2)cc1. The molecule has 2 unspecified atom stereocenters. The first kappa shape index (κ1) is 21.6. The normalized spacial score (nSPS) is 31.0. The molecule has 2 aliphatic heterocycles. The molecule has 0 bridgehead atoms. The molecule has 0 N–H and O–H groups in total. The lowest BCUT2D eigenvalue weighted by Gasteiger charge is -2.50. The second kappa shape index (κ2) is 9.64. The van der Waals surface area contributed by atoms with E-state index in [9.17, 15) is 10.3 Å². The van der Waals surface area contributed by atoms with Crippen LogP contribution >= 0.6 is 10.9 Å². The summed E-state index contributed by atoms with van der Waals surface area (Å²) >= 11 is 0. The van der Waals surface area contributed by atoms with Gasteiger partial charge in [-0.2, -0.15) is 10.9 Å². The molecule has 2 fully saturated rings. The van der Waals surface area contributed by atoms with Crippen LogP contribution in [0, 0.1) is 5.92 Å². The van der Waals surface area contributed by atoms with Crippen molar-refractivity contribution < 1.29 is 19.0 Å². The van der Waals surface area contributed by atoms with Crippen molar-refractivity contribution in [2.24, 2.45) is 11.0 Å². The van der Waals surface area contributed by atoms with Crippen molar-refractivity contribution in [3.63, 3.8) is 0 Å². The Labute approximate surface area is 184 Å². The van der Waals surface area contributed by atoms with Gasteiger partial charge < -0.3 is 14.2 Å². The molecule has 0 amide bonds. The topological polar surface area (TPSA) is 93.5 Å². The van der Waals surface area contributed by atoms with E-state index in [-0.39, 0.29) is 24.1 Å². The molecule has 2 aromatic rings. The smallest absolute Gasteiger partial charge is 0.303 e. The van der Waals surface area contributed by atoms with E-state index in [1.54, 1.807) is 7.11 Å². The summed E-state index contributed by atoms with van der Waals surface area (Å²) in [6.07, 6.45) is 1.48. The lowest BCUT2D eigenvalue weighted by molar-refractivity contribution is -0.149. The Hall–Kier alpha value is -2.67. The number of carbonyl (C=O) groups excluding carboxylic acids is 1. The Morgan fingerprint density at radius 2 is 1.90 bits per heavy atom. The molecule has 7 nitrogen and oxygen atoms in total. The third-order valence-corrected chi connectivity index (χ3v) is 8.85. The highest BCUT2D eigenvalue weighted by Crippen LogP contribution is 2.54. The van der Waals surface area contributed by atoms with Crippen molar-refractivity contribution in [1.82, 2.24) is 0 Å². The van der Waals surface area contributed by atoms with Crippen molar-refractivity contribution in [2.75, 3.05) is 12.9 Å². The fourth-order valence-corrected chi connectivity index (χ4v) is 7.61. The van der Waals surface area contributed by atoms with E-state index in [4.69, 9.17) is 14.2 Å². The van der Waals surface area contributed by atoms with Gasteiger partial charge in [-0.15, -0.1) is 0 Å². The minimum atomic E-state index is -0.837. The van der Waals surface area contributed by atoms with Gasteiger partial charge in [0, 0.05) is 11.8 Å². The molecular weight excluding hydrogens is 414 g/mol. The third-order valence-electron chi connectivity index (χ3n) is 6.00. The number of methoxy groups -OCH3 is 1. The van der Waals surface area contributed by atoms with Crippen LogP contribution in [-0.2, 0) is 14.3 Å². The molecule has 2 aliphatic rings. The van der Waals surface area contributed by atoms with Crippen molar-refractivity contribution >= 4 is 16.9 Å². The maximum absolute atomic E-state index is 11.9. The van der Waals surface area contributed by atoms with E-state index in [1.807, 2.05) is 42.5 Å². The molecule has 0 saturated carbocycles. The number of benzene rings is 2. The quantitative estimate of drug-likeness (QED) is 0.228. The highest BCUT2D eigenvalue weighted by Gasteiger charge is 2.48. The average Bonchev–Trinajstić information content (AvgIpc) is 2.80. The van der Waals surface area contributed by atoms with Crippen LogP contribution in [0.5, 0.6) is 5.75 Å². The molecular formula is C23H27N3O4S. The molecule has 2 aromatic carbocycles. The highest BCUT2D eigenvalue weighted by atomic mass is 32.2. The monoisotopic (exact) mass is 441 g/mol. The Balaban J connectivity index is 1.64. The van der Waals surface area contributed by atoms with Gasteiger partial charge in [0.2, 0.25) is 0 Å². The number of hydrogen-bond acceptors (Lipinski definition) is 5. The first-order valence-electron chi connectivity index (χ1n) is 10.4. The Kier molecular flexibility index (Phi) is 6.70. The molecule has 8 heteroatoms. The van der Waals surface area contributed by atoms with Gasteiger partial charge in [0.15, 0.2) is 0 Å². The molecule has 0 spiro atoms. The molecule has 0 radical (unpaired) electrons. The third kappa shape index (κ3) is 4.66. The van der Waals surface area contributed by atoms with Crippen molar-refractivity contribution in [1.29, 1.82) is 0 Å². The summed E-state index contributed by atoms with van der Waals surface area (Å²) in [6.45, 7) is 1.40. The molecule has 2 heterocycles. The number of ether oxygens (including phenoxy) is 3. The predicted octanol–water partition coefficient (Wildman–Crippen LogP) is 5.17. The van der Waals surface area contributed by atoms with Crippen LogP contribution in [0.4, 0.5) is 0 Å². The summed E-state index contributed by atoms with van der Waals surface area (Å²) in [4.78, 5) is 16.2. The van der Waals surface area contributed by atoms with E-state index in [2.05, 4.69) is 22.2 Å². The van der Waals surface area contributed by atoms with E-state index in [0.717, 1.165) is 34.8 Å². The summed E-state index contributed by atoms with van der Waals surface area (Å²) in [6, 6.07) is 17.4. The van der Waals surface area contributed by atoms with Crippen LogP contribution in [0.1, 0.15) is 31.4 Å². The van der Waals surface area contributed by atoms with Crippen molar-refractivity contribution in [3.05, 3.63) is 70.6 Å². The zero-order valence-corrected chi connectivity index (χ0v) is 18.5. The summed E-state index contributed by atoms with van der Waals surface area (Å²) < 4.78 is 17.6. The first-order valence-corrected chi connectivity index (χ1v) is 12.0. The van der Waals surface area contributed by atoms with E-state index >= 15 is 0 Å². The van der Waals surface area contributed by atoms with Gasteiger partial charge >= 0.3 is 5.97 Å². The molecule has 164 valence electrons. The lowest BCUT2D eigenvalue weighted by Crippen LogP contribution is -2.52. The first-order chi connectivity index (χ1) is 15.1. The molecule has 31 heavy (non-hydrogen) atoms. The minimum absolute atomic E-state index is 0.0948. The number of rotatable bonds is 5. The van der Waals surface area contributed by atoms with Gasteiger partial charge in [-0.1, -0.05) is 47.6 Å². The Morgan fingerprint density at radius 1 is 1.16 bits per heavy atom. The van der Waals surface area contributed by atoms with Crippen LogP contribution < -0.4 is 4.74 Å². The fourth-order valence-electron chi connectivity index (χ4n) is 4.58. The zero-order chi connectivity index (χ0) is 21.8. The van der Waals surface area contributed by atoms with Gasteiger partial charge in [0.05, 0.1) is 19.3 Å².